The van der Waals surface area contributed by atoms with Crippen molar-refractivity contribution in [3.63, 3.8) is 0 Å². The van der Waals surface area contributed by atoms with Gasteiger partial charge >= 0.3 is 0 Å². The summed E-state index contributed by atoms with van der Waals surface area (Å²) in [4.78, 5) is 13.0. The predicted molar refractivity (Wildman–Crippen MR) is 80.6 cm³/mol. The Kier molecular flexibility index (Phi) is 4.76. The number of thiophene rings is 1. The van der Waals surface area contributed by atoms with Gasteiger partial charge in [0.1, 0.15) is 4.21 Å². The lowest BCUT2D eigenvalue weighted by molar-refractivity contribution is -0.129. The van der Waals surface area contributed by atoms with E-state index in [1.54, 1.807) is 6.07 Å². The van der Waals surface area contributed by atoms with Gasteiger partial charge < -0.3 is 5.32 Å². The van der Waals surface area contributed by atoms with E-state index >= 15 is 0 Å². The molecule has 7 heteroatoms. The number of hydrogen-bond acceptors (Lipinski definition) is 4. The van der Waals surface area contributed by atoms with Crippen LogP contribution in [0.4, 0.5) is 0 Å². The van der Waals surface area contributed by atoms with E-state index in [1.807, 2.05) is 6.92 Å². The zero-order valence-electron chi connectivity index (χ0n) is 11.3. The number of halogens is 1. The second-order valence-corrected chi connectivity index (χ2v) is 9.39. The first kappa shape index (κ1) is 15.8. The minimum atomic E-state index is -3.64. The molecular formula is C13H18ClNO3S2. The zero-order valence-corrected chi connectivity index (χ0v) is 13.7. The van der Waals surface area contributed by atoms with Gasteiger partial charge in [-0.1, -0.05) is 19.8 Å². The second kappa shape index (κ2) is 6.03. The SMILES string of the molecule is CC1(C(=O)NCCc2ccc(S(=O)(=O)Cl)s2)CCCC1. The fraction of sp³-hybridized carbons (Fsp3) is 0.615. The van der Waals surface area contributed by atoms with Crippen LogP contribution in [0.2, 0.25) is 0 Å². The van der Waals surface area contributed by atoms with Crippen molar-refractivity contribution >= 4 is 37.0 Å². The molecule has 1 N–H and O–H groups in total. The highest BCUT2D eigenvalue weighted by atomic mass is 35.7. The summed E-state index contributed by atoms with van der Waals surface area (Å²) < 4.78 is 22.5. The maximum Gasteiger partial charge on any atom is 0.270 e. The van der Waals surface area contributed by atoms with Gasteiger partial charge in [0.15, 0.2) is 0 Å². The molecule has 0 aliphatic heterocycles. The topological polar surface area (TPSA) is 63.2 Å². The third-order valence-electron chi connectivity index (χ3n) is 3.79. The molecule has 0 atom stereocenters. The number of rotatable bonds is 5. The van der Waals surface area contributed by atoms with Gasteiger partial charge in [0.25, 0.3) is 9.05 Å². The van der Waals surface area contributed by atoms with E-state index in [0.29, 0.717) is 13.0 Å². The van der Waals surface area contributed by atoms with Crippen LogP contribution in [-0.4, -0.2) is 20.9 Å². The zero-order chi connectivity index (χ0) is 14.8. The molecule has 1 aromatic rings. The summed E-state index contributed by atoms with van der Waals surface area (Å²) in [6, 6.07) is 3.24. The average molecular weight is 336 g/mol. The Bertz CT molecular complexity index is 589. The van der Waals surface area contributed by atoms with E-state index in [-0.39, 0.29) is 15.5 Å². The molecule has 20 heavy (non-hydrogen) atoms. The molecule has 1 heterocycles. The van der Waals surface area contributed by atoms with Crippen LogP contribution in [0.1, 0.15) is 37.5 Å². The van der Waals surface area contributed by atoms with Crippen LogP contribution < -0.4 is 5.32 Å². The first-order valence-corrected chi connectivity index (χ1v) is 9.75. The largest absolute Gasteiger partial charge is 0.355 e. The van der Waals surface area contributed by atoms with Crippen LogP contribution in [0.15, 0.2) is 16.3 Å². The first-order chi connectivity index (χ1) is 9.31. The molecule has 1 aliphatic carbocycles. The minimum absolute atomic E-state index is 0.108. The molecule has 1 aliphatic rings. The number of hydrogen-bond donors (Lipinski definition) is 1. The Balaban J connectivity index is 1.84. The summed E-state index contributed by atoms with van der Waals surface area (Å²) in [5.74, 6) is 0.108. The second-order valence-electron chi connectivity index (χ2n) is 5.43. The molecule has 0 spiro atoms. The van der Waals surface area contributed by atoms with E-state index < -0.39 is 9.05 Å². The van der Waals surface area contributed by atoms with Gasteiger partial charge in [0, 0.05) is 27.5 Å². The van der Waals surface area contributed by atoms with Gasteiger partial charge in [0.05, 0.1) is 0 Å². The van der Waals surface area contributed by atoms with E-state index in [4.69, 9.17) is 10.7 Å². The lowest BCUT2D eigenvalue weighted by Crippen LogP contribution is -2.38. The number of amides is 1. The van der Waals surface area contributed by atoms with Gasteiger partial charge in [-0.15, -0.1) is 11.3 Å². The summed E-state index contributed by atoms with van der Waals surface area (Å²) in [6.07, 6.45) is 4.76. The molecule has 0 unspecified atom stereocenters. The summed E-state index contributed by atoms with van der Waals surface area (Å²) in [5.41, 5.74) is -0.222. The van der Waals surface area contributed by atoms with Gasteiger partial charge in [0.2, 0.25) is 5.91 Å². The van der Waals surface area contributed by atoms with Gasteiger partial charge in [-0.05, 0) is 31.4 Å². The number of carbonyl (C=O) groups is 1. The van der Waals surface area contributed by atoms with Crippen molar-refractivity contribution in [3.05, 3.63) is 17.0 Å². The lowest BCUT2D eigenvalue weighted by atomic mass is 9.88. The summed E-state index contributed by atoms with van der Waals surface area (Å²) in [6.45, 7) is 2.54. The quantitative estimate of drug-likeness (QED) is 0.841. The maximum atomic E-state index is 12.1. The van der Waals surface area contributed by atoms with Gasteiger partial charge in [-0.25, -0.2) is 8.42 Å². The van der Waals surface area contributed by atoms with Crippen molar-refractivity contribution in [1.29, 1.82) is 0 Å². The summed E-state index contributed by atoms with van der Waals surface area (Å²) in [7, 11) is 1.63. The molecular weight excluding hydrogens is 318 g/mol. The van der Waals surface area contributed by atoms with Crippen LogP contribution in [0.3, 0.4) is 0 Å². The Hall–Kier alpha value is -0.590. The number of carbonyl (C=O) groups excluding carboxylic acids is 1. The molecule has 112 valence electrons. The van der Waals surface area contributed by atoms with Crippen LogP contribution in [0.5, 0.6) is 0 Å². The van der Waals surface area contributed by atoms with E-state index in [0.717, 1.165) is 41.9 Å². The van der Waals surface area contributed by atoms with Gasteiger partial charge in [-0.2, -0.15) is 0 Å². The molecule has 1 aromatic heterocycles. The molecule has 1 amide bonds. The third kappa shape index (κ3) is 3.74. The Morgan fingerprint density at radius 3 is 2.60 bits per heavy atom. The van der Waals surface area contributed by atoms with E-state index in [2.05, 4.69) is 5.32 Å². The fourth-order valence-electron chi connectivity index (χ4n) is 2.52. The summed E-state index contributed by atoms with van der Waals surface area (Å²) >= 11 is 1.15. The molecule has 0 bridgehead atoms. The highest BCUT2D eigenvalue weighted by Gasteiger charge is 2.35. The molecule has 0 radical (unpaired) electrons. The third-order valence-corrected chi connectivity index (χ3v) is 7.03. The number of nitrogens with one attached hydrogen (secondary N) is 1. The van der Waals surface area contributed by atoms with Crippen molar-refractivity contribution < 1.29 is 13.2 Å². The Morgan fingerprint density at radius 1 is 1.40 bits per heavy atom. The Morgan fingerprint density at radius 2 is 2.05 bits per heavy atom. The normalized spacial score (nSPS) is 18.1. The summed E-state index contributed by atoms with van der Waals surface area (Å²) in [5, 5.41) is 2.95. The van der Waals surface area contributed by atoms with E-state index in [9.17, 15) is 13.2 Å². The van der Waals surface area contributed by atoms with E-state index in [1.165, 1.54) is 6.07 Å². The standard InChI is InChI=1S/C13H18ClNO3S2/c1-13(7-2-3-8-13)12(16)15-9-6-10-4-5-11(19-10)20(14,17)18/h4-5H,2-3,6-9H2,1H3,(H,15,16). The lowest BCUT2D eigenvalue weighted by Gasteiger charge is -2.22. The smallest absolute Gasteiger partial charge is 0.270 e. The van der Waals surface area contributed by atoms with Crippen molar-refractivity contribution in [2.45, 2.75) is 43.2 Å². The van der Waals surface area contributed by atoms with Crippen LogP contribution in [0, 0.1) is 5.41 Å². The molecule has 1 fully saturated rings. The maximum absolute atomic E-state index is 12.1. The molecule has 4 nitrogen and oxygen atoms in total. The fourth-order valence-corrected chi connectivity index (χ4v) is 4.64. The molecule has 0 saturated heterocycles. The highest BCUT2D eigenvalue weighted by Crippen LogP contribution is 2.37. The van der Waals surface area contributed by atoms with Crippen LogP contribution >= 0.6 is 22.0 Å². The van der Waals surface area contributed by atoms with Crippen LogP contribution in [-0.2, 0) is 20.3 Å². The van der Waals surface area contributed by atoms with Crippen molar-refractivity contribution in [2.75, 3.05) is 6.54 Å². The van der Waals surface area contributed by atoms with Crippen LogP contribution in [0.25, 0.3) is 0 Å². The van der Waals surface area contributed by atoms with Gasteiger partial charge in [-0.3, -0.25) is 4.79 Å². The molecule has 1 saturated carbocycles. The molecule has 0 aromatic carbocycles. The highest BCUT2D eigenvalue weighted by molar-refractivity contribution is 8.15. The van der Waals surface area contributed by atoms with Crippen molar-refractivity contribution in [2.24, 2.45) is 5.41 Å². The minimum Gasteiger partial charge on any atom is -0.355 e. The average Bonchev–Trinajstić information content (AvgIpc) is 2.98. The monoisotopic (exact) mass is 335 g/mol. The van der Waals surface area contributed by atoms with Crippen molar-refractivity contribution in [3.8, 4) is 0 Å². The van der Waals surface area contributed by atoms with Crippen molar-refractivity contribution in [1.82, 2.24) is 5.32 Å². The predicted octanol–water partition coefficient (Wildman–Crippen LogP) is 2.91. The first-order valence-electron chi connectivity index (χ1n) is 6.63. The Labute approximate surface area is 127 Å². The molecule has 2 rings (SSSR count).